The van der Waals surface area contributed by atoms with Crippen molar-refractivity contribution < 1.29 is 19.2 Å². The lowest BCUT2D eigenvalue weighted by Crippen LogP contribution is -2.48. The van der Waals surface area contributed by atoms with Crippen molar-refractivity contribution in [3.8, 4) is 0 Å². The highest BCUT2D eigenvalue weighted by Crippen LogP contribution is 2.13. The van der Waals surface area contributed by atoms with E-state index in [2.05, 4.69) is 10.6 Å². The quantitative estimate of drug-likeness (QED) is 0.247. The van der Waals surface area contributed by atoms with Crippen LogP contribution in [0.5, 0.6) is 0 Å². The minimum absolute atomic E-state index is 0.106. The molecule has 10 nitrogen and oxygen atoms in total. The Balaban J connectivity index is 1.35. The molecule has 0 saturated carbocycles. The Morgan fingerprint density at radius 3 is 1.37 bits per heavy atom. The molecule has 2 aliphatic rings. The van der Waals surface area contributed by atoms with E-state index in [0.717, 1.165) is 11.1 Å². The molecule has 0 aliphatic carbocycles. The van der Waals surface area contributed by atoms with Crippen molar-refractivity contribution in [2.45, 2.75) is 31.3 Å². The molecule has 0 saturated heterocycles. The molecule has 2 unspecified atom stereocenters. The third-order valence-electron chi connectivity index (χ3n) is 7.32. The lowest BCUT2D eigenvalue weighted by atomic mass is 10.0. The molecule has 2 aromatic carbocycles. The summed E-state index contributed by atoms with van der Waals surface area (Å²) in [6.07, 6.45) is 11.3. The highest BCUT2D eigenvalue weighted by Gasteiger charge is 2.26. The molecule has 2 aliphatic heterocycles. The zero-order valence-corrected chi connectivity index (χ0v) is 24.0. The second-order valence-electron chi connectivity index (χ2n) is 10.4. The molecule has 4 amide bonds. The Kier molecular flexibility index (Phi) is 11.2. The van der Waals surface area contributed by atoms with Crippen molar-refractivity contribution >= 4 is 23.6 Å². The maximum atomic E-state index is 13.4. The van der Waals surface area contributed by atoms with Crippen molar-refractivity contribution in [1.29, 1.82) is 0 Å². The first-order chi connectivity index (χ1) is 20.8. The van der Waals surface area contributed by atoms with Gasteiger partial charge in [0, 0.05) is 36.6 Å². The summed E-state index contributed by atoms with van der Waals surface area (Å²) in [5, 5.41) is 6.79. The zero-order valence-electron chi connectivity index (χ0n) is 24.0. The third kappa shape index (κ3) is 9.09. The number of primary amides is 2. The van der Waals surface area contributed by atoms with Crippen LogP contribution in [0.1, 0.15) is 17.5 Å². The number of benzene rings is 2. The molecular formula is C33H38N6O4. The van der Waals surface area contributed by atoms with Crippen LogP contribution in [0.4, 0.5) is 0 Å². The number of carbonyl (C=O) groups excluding carboxylic acids is 4. The standard InChI is InChI=1S/C33H38N6O4/c34-30(40)26-12-18-38(19-13-26)32(42)28(22-24-8-3-1-4-9-24)36-16-7-17-37-29(23-25-10-5-2-6-11-25)33(43)39-20-14-27(15-21-39)31(35)41/h1-6,8-15,18,20,28-29,36-37H,7,16-17,19,21-23H2,(H2,34,40)(H2,35,41). The van der Waals surface area contributed by atoms with Crippen LogP contribution < -0.4 is 22.1 Å². The first-order valence-corrected chi connectivity index (χ1v) is 14.3. The van der Waals surface area contributed by atoms with Crippen molar-refractivity contribution in [3.63, 3.8) is 0 Å². The van der Waals surface area contributed by atoms with E-state index in [-0.39, 0.29) is 24.9 Å². The summed E-state index contributed by atoms with van der Waals surface area (Å²) in [6.45, 7) is 1.62. The Labute approximate surface area is 251 Å². The van der Waals surface area contributed by atoms with Gasteiger partial charge in [-0.15, -0.1) is 0 Å². The van der Waals surface area contributed by atoms with Crippen LogP contribution in [-0.4, -0.2) is 71.7 Å². The molecule has 2 atom stereocenters. The first kappa shape index (κ1) is 31.1. The SMILES string of the molecule is NC(=O)C1=CCN(C(=O)C(Cc2ccccc2)NCCCNC(Cc2ccccc2)C(=O)N2C=CC(C(N)=O)=CC2)C=C1. The van der Waals surface area contributed by atoms with Gasteiger partial charge in [-0.25, -0.2) is 0 Å². The van der Waals surface area contributed by atoms with Crippen molar-refractivity contribution in [2.75, 3.05) is 26.2 Å². The van der Waals surface area contributed by atoms with E-state index in [0.29, 0.717) is 43.5 Å². The second-order valence-corrected chi connectivity index (χ2v) is 10.4. The maximum absolute atomic E-state index is 13.4. The van der Waals surface area contributed by atoms with Crippen molar-refractivity contribution in [3.05, 3.63) is 120 Å². The topological polar surface area (TPSA) is 151 Å². The third-order valence-corrected chi connectivity index (χ3v) is 7.32. The number of hydrogen-bond donors (Lipinski definition) is 4. The minimum atomic E-state index is -0.526. The smallest absolute Gasteiger partial charge is 0.248 e. The molecule has 10 heteroatoms. The molecule has 0 bridgehead atoms. The predicted octanol–water partition coefficient (Wildman–Crippen LogP) is 1.31. The molecule has 0 spiro atoms. The summed E-state index contributed by atoms with van der Waals surface area (Å²) in [7, 11) is 0. The van der Waals surface area contributed by atoms with Gasteiger partial charge in [0.1, 0.15) is 0 Å². The lowest BCUT2D eigenvalue weighted by Gasteiger charge is -2.27. The van der Waals surface area contributed by atoms with Crippen LogP contribution in [0.2, 0.25) is 0 Å². The van der Waals surface area contributed by atoms with E-state index in [1.807, 2.05) is 60.7 Å². The van der Waals surface area contributed by atoms with Gasteiger partial charge < -0.3 is 31.9 Å². The fourth-order valence-electron chi connectivity index (χ4n) is 4.92. The van der Waals surface area contributed by atoms with Gasteiger partial charge in [-0.2, -0.15) is 0 Å². The zero-order chi connectivity index (χ0) is 30.6. The van der Waals surface area contributed by atoms with E-state index < -0.39 is 23.9 Å². The number of carbonyl (C=O) groups is 4. The number of amides is 4. The van der Waals surface area contributed by atoms with E-state index in [1.165, 1.54) is 0 Å². The van der Waals surface area contributed by atoms with Crippen LogP contribution >= 0.6 is 0 Å². The monoisotopic (exact) mass is 582 g/mol. The molecule has 2 aromatic rings. The number of nitrogens with zero attached hydrogens (tertiary/aromatic N) is 2. The fourth-order valence-corrected chi connectivity index (χ4v) is 4.92. The van der Waals surface area contributed by atoms with Crippen LogP contribution in [0.3, 0.4) is 0 Å². The van der Waals surface area contributed by atoms with Gasteiger partial charge in [-0.3, -0.25) is 19.2 Å². The highest BCUT2D eigenvalue weighted by molar-refractivity contribution is 5.96. The van der Waals surface area contributed by atoms with Gasteiger partial charge in [0.2, 0.25) is 23.6 Å². The summed E-state index contributed by atoms with van der Waals surface area (Å²) in [4.78, 5) is 53.0. The van der Waals surface area contributed by atoms with Gasteiger partial charge in [-0.1, -0.05) is 72.8 Å². The van der Waals surface area contributed by atoms with E-state index in [1.54, 1.807) is 46.5 Å². The van der Waals surface area contributed by atoms with Gasteiger partial charge in [0.25, 0.3) is 0 Å². The largest absolute Gasteiger partial charge is 0.366 e. The number of hydrogen-bond acceptors (Lipinski definition) is 6. The van der Waals surface area contributed by atoms with Crippen molar-refractivity contribution in [1.82, 2.24) is 20.4 Å². The second kappa shape index (κ2) is 15.4. The summed E-state index contributed by atoms with van der Waals surface area (Å²) in [5.41, 5.74) is 13.5. The maximum Gasteiger partial charge on any atom is 0.248 e. The summed E-state index contributed by atoms with van der Waals surface area (Å²) >= 11 is 0. The molecule has 0 radical (unpaired) electrons. The van der Waals surface area contributed by atoms with Gasteiger partial charge in [-0.05, 0) is 55.6 Å². The molecule has 0 fully saturated rings. The normalized spacial score (nSPS) is 15.8. The summed E-state index contributed by atoms with van der Waals surface area (Å²) in [5.74, 6) is -1.26. The summed E-state index contributed by atoms with van der Waals surface area (Å²) in [6, 6.07) is 18.6. The lowest BCUT2D eigenvalue weighted by molar-refractivity contribution is -0.131. The van der Waals surface area contributed by atoms with Crippen LogP contribution in [-0.2, 0) is 32.0 Å². The molecular weight excluding hydrogens is 544 g/mol. The molecule has 0 aromatic heterocycles. The van der Waals surface area contributed by atoms with E-state index in [9.17, 15) is 19.2 Å². The van der Waals surface area contributed by atoms with E-state index >= 15 is 0 Å². The fraction of sp³-hybridized carbons (Fsp3) is 0.273. The highest BCUT2D eigenvalue weighted by atomic mass is 16.2. The average molecular weight is 583 g/mol. The van der Waals surface area contributed by atoms with Crippen LogP contribution in [0, 0.1) is 0 Å². The molecule has 6 N–H and O–H groups in total. The minimum Gasteiger partial charge on any atom is -0.366 e. The van der Waals surface area contributed by atoms with Gasteiger partial charge in [0.15, 0.2) is 0 Å². The van der Waals surface area contributed by atoms with E-state index in [4.69, 9.17) is 11.5 Å². The Bertz CT molecular complexity index is 1310. The molecule has 224 valence electrons. The average Bonchev–Trinajstić information content (AvgIpc) is 3.04. The Morgan fingerprint density at radius 1 is 0.651 bits per heavy atom. The van der Waals surface area contributed by atoms with Crippen molar-refractivity contribution in [2.24, 2.45) is 11.5 Å². The number of rotatable bonds is 14. The molecule has 43 heavy (non-hydrogen) atoms. The predicted molar refractivity (Wildman–Crippen MR) is 165 cm³/mol. The van der Waals surface area contributed by atoms with Crippen LogP contribution in [0.25, 0.3) is 0 Å². The van der Waals surface area contributed by atoms with Gasteiger partial charge >= 0.3 is 0 Å². The molecule has 2 heterocycles. The number of nitrogens with one attached hydrogen (secondary N) is 2. The summed E-state index contributed by atoms with van der Waals surface area (Å²) < 4.78 is 0. The number of nitrogens with two attached hydrogens (primary N) is 2. The first-order valence-electron chi connectivity index (χ1n) is 14.3. The van der Waals surface area contributed by atoms with Gasteiger partial charge in [0.05, 0.1) is 12.1 Å². The Hall–Kier alpha value is -4.80. The molecule has 4 rings (SSSR count). The Morgan fingerprint density at radius 2 is 1.05 bits per heavy atom. The van der Waals surface area contributed by atoms with Crippen LogP contribution in [0.15, 0.2) is 109 Å².